The van der Waals surface area contributed by atoms with Crippen LogP contribution >= 0.6 is 0 Å². The first kappa shape index (κ1) is 23.4. The molecule has 4 aromatic carbocycles. The summed E-state index contributed by atoms with van der Waals surface area (Å²) in [7, 11) is 0. The summed E-state index contributed by atoms with van der Waals surface area (Å²) in [5.74, 6) is 0. The molecule has 4 nitrogen and oxygen atoms in total. The van der Waals surface area contributed by atoms with Gasteiger partial charge in [-0.15, -0.1) is 0 Å². The number of hydrogen-bond donors (Lipinski definition) is 0. The van der Waals surface area contributed by atoms with Crippen LogP contribution in [0.5, 0.6) is 0 Å². The standard InChI is InChI=1S/C28H28GeO4/c1-5-13-25(14-6-1)21-30-29(31-22-26-15-7-2-8-16-26,32-23-27-17-9-3-10-18-27)33-24-28-19-11-4-12-20-28/h1-20H,21-24H2. The van der Waals surface area contributed by atoms with E-state index in [-0.39, 0.29) is 0 Å². The molecule has 4 rings (SSSR count). The van der Waals surface area contributed by atoms with Crippen molar-refractivity contribution >= 4 is 14.6 Å². The Morgan fingerprint density at radius 1 is 0.333 bits per heavy atom. The van der Waals surface area contributed by atoms with Crippen LogP contribution in [0.15, 0.2) is 121 Å². The van der Waals surface area contributed by atoms with Gasteiger partial charge in [0.15, 0.2) is 0 Å². The van der Waals surface area contributed by atoms with Crippen molar-refractivity contribution in [2.24, 2.45) is 0 Å². The average molecular weight is 501 g/mol. The van der Waals surface area contributed by atoms with Crippen LogP contribution in [-0.2, 0) is 41.5 Å². The quantitative estimate of drug-likeness (QED) is 0.214. The number of hydrogen-bond acceptors (Lipinski definition) is 4. The molecule has 168 valence electrons. The van der Waals surface area contributed by atoms with Gasteiger partial charge in [-0.2, -0.15) is 0 Å². The molecule has 0 saturated carbocycles. The molecule has 0 bridgehead atoms. The Kier molecular flexibility index (Phi) is 8.86. The first-order valence-electron chi connectivity index (χ1n) is 11.0. The van der Waals surface area contributed by atoms with E-state index >= 15 is 0 Å². The Labute approximate surface area is 199 Å². The predicted molar refractivity (Wildman–Crippen MR) is 131 cm³/mol. The van der Waals surface area contributed by atoms with E-state index in [4.69, 9.17) is 15.1 Å². The van der Waals surface area contributed by atoms with Crippen LogP contribution in [0.4, 0.5) is 0 Å². The Bertz CT molecular complexity index is 881. The Morgan fingerprint density at radius 3 is 0.758 bits per heavy atom. The molecule has 0 aliphatic heterocycles. The summed E-state index contributed by atoms with van der Waals surface area (Å²) in [6.45, 7) is 1.44. The minimum absolute atomic E-state index is 0.360. The van der Waals surface area contributed by atoms with Gasteiger partial charge in [-0.25, -0.2) is 0 Å². The molecular weight excluding hydrogens is 473 g/mol. The Morgan fingerprint density at radius 2 is 0.545 bits per heavy atom. The summed E-state index contributed by atoms with van der Waals surface area (Å²) in [4.78, 5) is 0. The molecule has 33 heavy (non-hydrogen) atoms. The van der Waals surface area contributed by atoms with Gasteiger partial charge < -0.3 is 0 Å². The summed E-state index contributed by atoms with van der Waals surface area (Å²) in [5.41, 5.74) is 4.18. The van der Waals surface area contributed by atoms with E-state index in [1.165, 1.54) is 0 Å². The van der Waals surface area contributed by atoms with E-state index in [0.717, 1.165) is 22.3 Å². The van der Waals surface area contributed by atoms with Crippen molar-refractivity contribution in [3.63, 3.8) is 0 Å². The molecule has 0 atom stereocenters. The summed E-state index contributed by atoms with van der Waals surface area (Å²) in [5, 5.41) is 0. The van der Waals surface area contributed by atoms with E-state index in [0.29, 0.717) is 26.4 Å². The van der Waals surface area contributed by atoms with Gasteiger partial charge >= 0.3 is 200 Å². The molecule has 0 aliphatic carbocycles. The average Bonchev–Trinajstić information content (AvgIpc) is 2.90. The normalized spacial score (nSPS) is 11.4. The van der Waals surface area contributed by atoms with Crippen LogP contribution in [0.2, 0.25) is 0 Å². The third-order valence-corrected chi connectivity index (χ3v) is 9.21. The molecule has 0 unspecified atom stereocenters. The molecule has 0 radical (unpaired) electrons. The van der Waals surface area contributed by atoms with Crippen molar-refractivity contribution in [2.45, 2.75) is 26.4 Å². The number of rotatable bonds is 12. The molecule has 0 spiro atoms. The maximum absolute atomic E-state index is 6.40. The molecule has 0 aromatic heterocycles. The van der Waals surface area contributed by atoms with E-state index in [2.05, 4.69) is 0 Å². The summed E-state index contributed by atoms with van der Waals surface area (Å²) >= 11 is -4.17. The molecule has 0 amide bonds. The monoisotopic (exact) mass is 502 g/mol. The topological polar surface area (TPSA) is 36.9 Å². The van der Waals surface area contributed by atoms with E-state index in [9.17, 15) is 0 Å². The molecule has 5 heteroatoms. The molecule has 0 saturated heterocycles. The molecule has 0 aliphatic rings. The fourth-order valence-electron chi connectivity index (χ4n) is 3.23. The molecule has 4 aromatic rings. The van der Waals surface area contributed by atoms with Gasteiger partial charge in [-0.3, -0.25) is 0 Å². The Hall–Kier alpha value is -2.74. The van der Waals surface area contributed by atoms with Crippen molar-refractivity contribution in [1.82, 2.24) is 0 Å². The second-order valence-corrected chi connectivity index (χ2v) is 12.1. The van der Waals surface area contributed by atoms with Crippen LogP contribution in [-0.4, -0.2) is 14.6 Å². The zero-order chi connectivity index (χ0) is 22.6. The predicted octanol–water partition coefficient (Wildman–Crippen LogP) is 6.29. The summed E-state index contributed by atoms with van der Waals surface area (Å²) < 4.78 is 25.6. The van der Waals surface area contributed by atoms with Gasteiger partial charge in [0.2, 0.25) is 0 Å². The van der Waals surface area contributed by atoms with Gasteiger partial charge in [-0.05, 0) is 0 Å². The fourth-order valence-corrected chi connectivity index (χ4v) is 7.17. The molecular formula is C28H28GeO4. The van der Waals surface area contributed by atoms with Crippen molar-refractivity contribution in [3.05, 3.63) is 144 Å². The van der Waals surface area contributed by atoms with Crippen LogP contribution in [0.3, 0.4) is 0 Å². The van der Waals surface area contributed by atoms with E-state index in [1.54, 1.807) is 0 Å². The van der Waals surface area contributed by atoms with Crippen molar-refractivity contribution in [1.29, 1.82) is 0 Å². The maximum atomic E-state index is 6.40. The van der Waals surface area contributed by atoms with Gasteiger partial charge in [0.25, 0.3) is 0 Å². The van der Waals surface area contributed by atoms with Gasteiger partial charge in [0, 0.05) is 0 Å². The van der Waals surface area contributed by atoms with Crippen LogP contribution in [0.25, 0.3) is 0 Å². The van der Waals surface area contributed by atoms with Crippen molar-refractivity contribution < 1.29 is 15.1 Å². The molecule has 0 fully saturated rings. The van der Waals surface area contributed by atoms with Crippen molar-refractivity contribution in [3.8, 4) is 0 Å². The third-order valence-electron chi connectivity index (χ3n) is 5.03. The van der Waals surface area contributed by atoms with E-state index in [1.807, 2.05) is 121 Å². The Balaban J connectivity index is 1.56. The third kappa shape index (κ3) is 7.67. The van der Waals surface area contributed by atoms with Crippen LogP contribution < -0.4 is 0 Å². The first-order valence-corrected chi connectivity index (χ1v) is 14.5. The second-order valence-electron chi connectivity index (χ2n) is 7.60. The van der Waals surface area contributed by atoms with Crippen LogP contribution in [0.1, 0.15) is 22.3 Å². The minimum atomic E-state index is -4.17. The summed E-state index contributed by atoms with van der Waals surface area (Å²) in [6, 6.07) is 40.1. The van der Waals surface area contributed by atoms with E-state index < -0.39 is 14.6 Å². The van der Waals surface area contributed by atoms with Gasteiger partial charge in [0.1, 0.15) is 0 Å². The number of benzene rings is 4. The van der Waals surface area contributed by atoms with Gasteiger partial charge in [0.05, 0.1) is 0 Å². The zero-order valence-corrected chi connectivity index (χ0v) is 20.6. The molecule has 0 N–H and O–H groups in total. The van der Waals surface area contributed by atoms with Gasteiger partial charge in [-0.1, -0.05) is 0 Å². The fraction of sp³-hybridized carbons (Fsp3) is 0.143. The molecule has 0 heterocycles. The van der Waals surface area contributed by atoms with Crippen LogP contribution in [0, 0.1) is 0 Å². The summed E-state index contributed by atoms with van der Waals surface area (Å²) in [6.07, 6.45) is 0. The zero-order valence-electron chi connectivity index (χ0n) is 18.5. The second kappa shape index (κ2) is 12.5. The SMILES string of the molecule is c1ccc(C[O][Ge]([O]Cc2ccccc2)([O]Cc2ccccc2)[O]Cc2ccccc2)cc1. The van der Waals surface area contributed by atoms with Crippen molar-refractivity contribution in [2.75, 3.05) is 0 Å². The first-order chi connectivity index (χ1) is 16.3.